The fourth-order valence-electron chi connectivity index (χ4n) is 1.16. The molecular formula is C7H14FN. The maximum atomic E-state index is 12.8. The van der Waals surface area contributed by atoms with Gasteiger partial charge in [0.1, 0.15) is 6.17 Å². The van der Waals surface area contributed by atoms with Crippen LogP contribution in [0.15, 0.2) is 0 Å². The lowest BCUT2D eigenvalue weighted by Gasteiger charge is -2.28. The molecule has 0 aromatic heterocycles. The third-order valence-electron chi connectivity index (χ3n) is 2.06. The van der Waals surface area contributed by atoms with Gasteiger partial charge in [-0.1, -0.05) is 6.42 Å². The van der Waals surface area contributed by atoms with Crippen LogP contribution in [0.1, 0.15) is 19.3 Å². The van der Waals surface area contributed by atoms with Crippen LogP contribution >= 0.6 is 0 Å². The van der Waals surface area contributed by atoms with Crippen LogP contribution in [0.25, 0.3) is 0 Å². The molecule has 0 saturated heterocycles. The summed E-state index contributed by atoms with van der Waals surface area (Å²) in [7, 11) is 1.80. The van der Waals surface area contributed by atoms with Gasteiger partial charge in [0.25, 0.3) is 0 Å². The maximum absolute atomic E-state index is 12.8. The van der Waals surface area contributed by atoms with E-state index in [0.29, 0.717) is 12.5 Å². The van der Waals surface area contributed by atoms with Crippen molar-refractivity contribution in [1.29, 1.82) is 0 Å². The van der Waals surface area contributed by atoms with Crippen molar-refractivity contribution in [2.75, 3.05) is 13.6 Å². The van der Waals surface area contributed by atoms with Crippen molar-refractivity contribution in [2.24, 2.45) is 5.92 Å². The zero-order valence-corrected chi connectivity index (χ0v) is 5.86. The Bertz CT molecular complexity index is 81.0. The van der Waals surface area contributed by atoms with Gasteiger partial charge < -0.3 is 5.32 Å². The Morgan fingerprint density at radius 3 is 2.67 bits per heavy atom. The van der Waals surface area contributed by atoms with Crippen molar-refractivity contribution in [3.63, 3.8) is 0 Å². The summed E-state index contributed by atoms with van der Waals surface area (Å²) in [5, 5.41) is 2.84. The first-order valence-electron chi connectivity index (χ1n) is 3.63. The van der Waals surface area contributed by atoms with Gasteiger partial charge in [0.15, 0.2) is 0 Å². The van der Waals surface area contributed by atoms with Gasteiger partial charge in [-0.25, -0.2) is 4.39 Å². The molecule has 1 aliphatic rings. The first-order valence-corrected chi connectivity index (χ1v) is 3.63. The summed E-state index contributed by atoms with van der Waals surface area (Å²) < 4.78 is 12.8. The first kappa shape index (κ1) is 7.00. The Balaban J connectivity index is 2.08. The number of halogens is 1. The summed E-state index contributed by atoms with van der Waals surface area (Å²) in [5.74, 6) is 0.373. The van der Waals surface area contributed by atoms with Crippen LogP contribution in [0.4, 0.5) is 4.39 Å². The summed E-state index contributed by atoms with van der Waals surface area (Å²) in [6.07, 6.45) is 2.84. The Kier molecular flexibility index (Phi) is 2.46. The molecule has 0 aliphatic heterocycles. The SMILES string of the molecule is CNC[C@@H](F)C1CCC1. The fourth-order valence-corrected chi connectivity index (χ4v) is 1.16. The average Bonchev–Trinajstić information content (AvgIpc) is 1.60. The van der Waals surface area contributed by atoms with Crippen molar-refractivity contribution in [1.82, 2.24) is 5.32 Å². The molecular weight excluding hydrogens is 117 g/mol. The average molecular weight is 131 g/mol. The highest BCUT2D eigenvalue weighted by Crippen LogP contribution is 2.30. The predicted octanol–water partition coefficient (Wildman–Crippen LogP) is 1.34. The molecule has 9 heavy (non-hydrogen) atoms. The number of hydrogen-bond acceptors (Lipinski definition) is 1. The molecule has 1 N–H and O–H groups in total. The molecule has 0 heterocycles. The molecule has 2 heteroatoms. The summed E-state index contributed by atoms with van der Waals surface area (Å²) in [5.41, 5.74) is 0. The van der Waals surface area contributed by atoms with E-state index in [4.69, 9.17) is 0 Å². The van der Waals surface area contributed by atoms with Crippen molar-refractivity contribution in [3.8, 4) is 0 Å². The first-order chi connectivity index (χ1) is 4.34. The van der Waals surface area contributed by atoms with Crippen molar-refractivity contribution in [2.45, 2.75) is 25.4 Å². The minimum atomic E-state index is -0.594. The highest BCUT2D eigenvalue weighted by Gasteiger charge is 2.25. The normalized spacial score (nSPS) is 23.3. The lowest BCUT2D eigenvalue weighted by molar-refractivity contribution is 0.148. The lowest BCUT2D eigenvalue weighted by Crippen LogP contribution is -2.31. The van der Waals surface area contributed by atoms with Crippen molar-refractivity contribution in [3.05, 3.63) is 0 Å². The van der Waals surface area contributed by atoms with Gasteiger partial charge in [0.2, 0.25) is 0 Å². The smallest absolute Gasteiger partial charge is 0.115 e. The number of hydrogen-bond donors (Lipinski definition) is 1. The summed E-state index contributed by atoms with van der Waals surface area (Å²) in [4.78, 5) is 0. The maximum Gasteiger partial charge on any atom is 0.115 e. The van der Waals surface area contributed by atoms with Crippen molar-refractivity contribution < 1.29 is 4.39 Å². The quantitative estimate of drug-likeness (QED) is 0.609. The minimum absolute atomic E-state index is 0.373. The van der Waals surface area contributed by atoms with Crippen LogP contribution < -0.4 is 5.32 Å². The third kappa shape index (κ3) is 1.65. The molecule has 1 fully saturated rings. The molecule has 1 nitrogen and oxygen atoms in total. The van der Waals surface area contributed by atoms with Gasteiger partial charge >= 0.3 is 0 Å². The summed E-state index contributed by atoms with van der Waals surface area (Å²) in [6.45, 7) is 0.532. The van der Waals surface area contributed by atoms with E-state index >= 15 is 0 Å². The lowest BCUT2D eigenvalue weighted by atomic mass is 9.82. The molecule has 0 aromatic rings. The molecule has 0 aromatic carbocycles. The number of alkyl halides is 1. The molecule has 1 rings (SSSR count). The van der Waals surface area contributed by atoms with Gasteiger partial charge in [0, 0.05) is 6.54 Å². The second kappa shape index (κ2) is 3.16. The molecule has 0 amide bonds. The van der Waals surface area contributed by atoms with E-state index < -0.39 is 6.17 Å². The minimum Gasteiger partial charge on any atom is -0.317 e. The van der Waals surface area contributed by atoms with Crippen LogP contribution in [-0.2, 0) is 0 Å². The van der Waals surface area contributed by atoms with Gasteiger partial charge in [-0.05, 0) is 25.8 Å². The van der Waals surface area contributed by atoms with Gasteiger partial charge in [-0.2, -0.15) is 0 Å². The molecule has 1 saturated carbocycles. The van der Waals surface area contributed by atoms with E-state index in [0.717, 1.165) is 12.8 Å². The topological polar surface area (TPSA) is 12.0 Å². The van der Waals surface area contributed by atoms with E-state index in [1.165, 1.54) is 6.42 Å². The van der Waals surface area contributed by atoms with Crippen molar-refractivity contribution >= 4 is 0 Å². The second-order valence-corrected chi connectivity index (χ2v) is 2.76. The highest BCUT2D eigenvalue weighted by atomic mass is 19.1. The molecule has 0 radical (unpaired) electrons. The van der Waals surface area contributed by atoms with E-state index in [-0.39, 0.29) is 0 Å². The zero-order valence-electron chi connectivity index (χ0n) is 5.86. The van der Waals surface area contributed by atoms with Gasteiger partial charge in [-0.3, -0.25) is 0 Å². The van der Waals surface area contributed by atoms with Crippen LogP contribution in [0.5, 0.6) is 0 Å². The van der Waals surface area contributed by atoms with Crippen LogP contribution in [0.2, 0.25) is 0 Å². The number of rotatable bonds is 3. The van der Waals surface area contributed by atoms with E-state index in [1.54, 1.807) is 7.05 Å². The molecule has 0 unspecified atom stereocenters. The van der Waals surface area contributed by atoms with Crippen LogP contribution in [-0.4, -0.2) is 19.8 Å². The Morgan fingerprint density at radius 1 is 1.67 bits per heavy atom. The predicted molar refractivity (Wildman–Crippen MR) is 36.2 cm³/mol. The van der Waals surface area contributed by atoms with E-state index in [2.05, 4.69) is 5.32 Å². The summed E-state index contributed by atoms with van der Waals surface area (Å²) in [6, 6.07) is 0. The summed E-state index contributed by atoms with van der Waals surface area (Å²) >= 11 is 0. The molecule has 0 spiro atoms. The number of nitrogens with one attached hydrogen (secondary N) is 1. The fraction of sp³-hybridized carbons (Fsp3) is 1.00. The monoisotopic (exact) mass is 131 g/mol. The third-order valence-corrected chi connectivity index (χ3v) is 2.06. The van der Waals surface area contributed by atoms with E-state index in [1.807, 2.05) is 0 Å². The molecule has 54 valence electrons. The molecule has 0 bridgehead atoms. The van der Waals surface area contributed by atoms with Crippen LogP contribution in [0, 0.1) is 5.92 Å². The Hall–Kier alpha value is -0.110. The standard InChI is InChI=1S/C7H14FN/c1-9-5-7(8)6-3-2-4-6/h6-7,9H,2-5H2,1H3/t7-/m1/s1. The largest absolute Gasteiger partial charge is 0.317 e. The van der Waals surface area contributed by atoms with Crippen LogP contribution in [0.3, 0.4) is 0 Å². The Morgan fingerprint density at radius 2 is 2.33 bits per heavy atom. The van der Waals surface area contributed by atoms with E-state index in [9.17, 15) is 4.39 Å². The highest BCUT2D eigenvalue weighted by molar-refractivity contribution is 4.77. The second-order valence-electron chi connectivity index (χ2n) is 2.76. The van der Waals surface area contributed by atoms with Gasteiger partial charge in [-0.15, -0.1) is 0 Å². The molecule has 1 aliphatic carbocycles. The molecule has 1 atom stereocenters. The Labute approximate surface area is 55.6 Å². The van der Waals surface area contributed by atoms with Gasteiger partial charge in [0.05, 0.1) is 0 Å². The zero-order chi connectivity index (χ0) is 6.69.